The maximum atomic E-state index is 12.8. The lowest BCUT2D eigenvalue weighted by molar-refractivity contribution is -0.139. The molecule has 0 aliphatic carbocycles. The van der Waals surface area contributed by atoms with E-state index < -0.39 is 36.3 Å². The van der Waals surface area contributed by atoms with Crippen molar-refractivity contribution in [3.05, 3.63) is 93.0 Å². The first kappa shape index (κ1) is 27.3. The molecule has 0 heterocycles. The Morgan fingerprint density at radius 3 is 1.95 bits per heavy atom. The number of hydrogen-bond acceptors (Lipinski definition) is 6. The molecule has 0 radical (unpaired) electrons. The van der Waals surface area contributed by atoms with Crippen LogP contribution in [0.3, 0.4) is 0 Å². The van der Waals surface area contributed by atoms with Crippen molar-refractivity contribution in [1.29, 1.82) is 0 Å². The van der Waals surface area contributed by atoms with Crippen molar-refractivity contribution in [2.24, 2.45) is 0 Å². The van der Waals surface area contributed by atoms with Crippen molar-refractivity contribution < 1.29 is 34.5 Å². The number of carboxylic acids is 1. The number of nitrogens with one attached hydrogen (secondary N) is 3. The van der Waals surface area contributed by atoms with Gasteiger partial charge in [-0.05, 0) is 48.0 Å². The number of carbonyl (C=O) groups excluding carboxylic acids is 3. The van der Waals surface area contributed by atoms with Crippen LogP contribution in [0.2, 0.25) is 10.0 Å². The Hall–Kier alpha value is -4.28. The molecule has 0 bridgehead atoms. The van der Waals surface area contributed by atoms with Gasteiger partial charge in [0.15, 0.2) is 0 Å². The molecular weight excluding hydrogens is 525 g/mol. The van der Waals surface area contributed by atoms with Gasteiger partial charge >= 0.3 is 5.97 Å². The summed E-state index contributed by atoms with van der Waals surface area (Å²) in [6.07, 6.45) is 0. The number of carboxylic acid groups (broad SMARTS) is 1. The maximum absolute atomic E-state index is 12.8. The summed E-state index contributed by atoms with van der Waals surface area (Å²) in [6, 6.07) is 12.6. The van der Waals surface area contributed by atoms with Gasteiger partial charge in [-0.25, -0.2) is 4.79 Å². The SMILES string of the molecule is O=C(NCc1cccc(O)c1)c1cc(Cl)c(C(=O)N[C@@H](CNC(=O)c2cccc(O)c2)C(=O)O)c(Cl)c1. The molecule has 1 atom stereocenters. The van der Waals surface area contributed by atoms with Crippen molar-refractivity contribution in [3.63, 3.8) is 0 Å². The summed E-state index contributed by atoms with van der Waals surface area (Å²) < 4.78 is 0. The first-order valence-electron chi connectivity index (χ1n) is 10.7. The summed E-state index contributed by atoms with van der Waals surface area (Å²) in [7, 11) is 0. The van der Waals surface area contributed by atoms with Gasteiger partial charge in [-0.1, -0.05) is 41.4 Å². The molecule has 0 saturated carbocycles. The number of rotatable bonds is 9. The highest BCUT2D eigenvalue weighted by Gasteiger charge is 2.25. The van der Waals surface area contributed by atoms with Gasteiger partial charge in [0.1, 0.15) is 17.5 Å². The van der Waals surface area contributed by atoms with Gasteiger partial charge in [0, 0.05) is 24.2 Å². The lowest BCUT2D eigenvalue weighted by Crippen LogP contribution is -2.48. The monoisotopic (exact) mass is 545 g/mol. The maximum Gasteiger partial charge on any atom is 0.328 e. The lowest BCUT2D eigenvalue weighted by Gasteiger charge is -2.17. The zero-order chi connectivity index (χ0) is 27.1. The van der Waals surface area contributed by atoms with Crippen LogP contribution < -0.4 is 16.0 Å². The van der Waals surface area contributed by atoms with Gasteiger partial charge in [-0.15, -0.1) is 0 Å². The Morgan fingerprint density at radius 2 is 1.35 bits per heavy atom. The standard InChI is InChI=1S/C25H21Cl2N3O7/c26-18-9-15(23(34)28-11-13-3-1-5-16(31)7-13)10-19(27)21(18)24(35)30-20(25(36)37)12-29-22(33)14-4-2-6-17(32)8-14/h1-10,20,31-32H,11-12H2,(H,28,34)(H,29,33)(H,30,35)(H,36,37)/t20-/m0/s1. The highest BCUT2D eigenvalue weighted by molar-refractivity contribution is 6.40. The Morgan fingerprint density at radius 1 is 0.757 bits per heavy atom. The minimum Gasteiger partial charge on any atom is -0.508 e. The summed E-state index contributed by atoms with van der Waals surface area (Å²) in [4.78, 5) is 49.2. The first-order valence-corrected chi connectivity index (χ1v) is 11.5. The van der Waals surface area contributed by atoms with Crippen LogP contribution in [-0.2, 0) is 11.3 Å². The summed E-state index contributed by atoms with van der Waals surface area (Å²) >= 11 is 12.4. The molecule has 3 amide bonds. The molecule has 12 heteroatoms. The van der Waals surface area contributed by atoms with Crippen LogP contribution in [0.4, 0.5) is 0 Å². The molecule has 0 aromatic heterocycles. The fraction of sp³-hybridized carbons (Fsp3) is 0.120. The molecule has 0 saturated heterocycles. The number of phenols is 2. The van der Waals surface area contributed by atoms with Gasteiger partial charge in [-0.3, -0.25) is 14.4 Å². The van der Waals surface area contributed by atoms with E-state index in [4.69, 9.17) is 23.2 Å². The lowest BCUT2D eigenvalue weighted by atomic mass is 10.1. The second-order valence-electron chi connectivity index (χ2n) is 7.79. The minimum atomic E-state index is -1.54. The van der Waals surface area contributed by atoms with Gasteiger partial charge in [0.25, 0.3) is 17.7 Å². The summed E-state index contributed by atoms with van der Waals surface area (Å²) in [6.45, 7) is -0.361. The fourth-order valence-corrected chi connectivity index (χ4v) is 3.91. The predicted octanol–water partition coefficient (Wildman–Crippen LogP) is 2.95. The van der Waals surface area contributed by atoms with Crippen molar-refractivity contribution in [2.45, 2.75) is 12.6 Å². The van der Waals surface area contributed by atoms with Crippen LogP contribution in [0.5, 0.6) is 11.5 Å². The molecule has 0 aliphatic rings. The van der Waals surface area contributed by atoms with Crippen LogP contribution in [0.15, 0.2) is 60.7 Å². The Labute approximate surface area is 220 Å². The number of benzene rings is 3. The molecular formula is C25H21Cl2N3O7. The smallest absolute Gasteiger partial charge is 0.328 e. The van der Waals surface area contributed by atoms with E-state index in [0.29, 0.717) is 5.56 Å². The molecule has 37 heavy (non-hydrogen) atoms. The zero-order valence-electron chi connectivity index (χ0n) is 19.0. The van der Waals surface area contributed by atoms with Gasteiger partial charge in [0.2, 0.25) is 0 Å². The normalized spacial score (nSPS) is 11.3. The molecule has 0 spiro atoms. The van der Waals surface area contributed by atoms with Crippen molar-refractivity contribution in [2.75, 3.05) is 6.54 Å². The van der Waals surface area contributed by atoms with Crippen molar-refractivity contribution in [1.82, 2.24) is 16.0 Å². The Kier molecular flexibility index (Phi) is 8.94. The van der Waals surface area contributed by atoms with Crippen LogP contribution in [0.1, 0.15) is 36.6 Å². The Bertz CT molecular complexity index is 1340. The highest BCUT2D eigenvalue weighted by atomic mass is 35.5. The third-order valence-electron chi connectivity index (χ3n) is 5.07. The molecule has 10 nitrogen and oxygen atoms in total. The number of amides is 3. The van der Waals surface area contributed by atoms with Gasteiger partial charge in [-0.2, -0.15) is 0 Å². The average molecular weight is 546 g/mol. The van der Waals surface area contributed by atoms with E-state index in [9.17, 15) is 34.5 Å². The third kappa shape index (κ3) is 7.35. The number of phenolic OH excluding ortho intramolecular Hbond substituents is 2. The first-order chi connectivity index (χ1) is 17.5. The molecule has 3 aromatic rings. The third-order valence-corrected chi connectivity index (χ3v) is 5.67. The summed E-state index contributed by atoms with van der Waals surface area (Å²) in [5.74, 6) is -3.66. The number of carbonyl (C=O) groups is 4. The highest BCUT2D eigenvalue weighted by Crippen LogP contribution is 2.27. The minimum absolute atomic E-state index is 0.0480. The van der Waals surface area contributed by atoms with Crippen LogP contribution in [0, 0.1) is 0 Å². The predicted molar refractivity (Wildman–Crippen MR) is 135 cm³/mol. The Balaban J connectivity index is 1.66. The van der Waals surface area contributed by atoms with E-state index in [0.717, 1.165) is 0 Å². The van der Waals surface area contributed by atoms with E-state index in [2.05, 4.69) is 16.0 Å². The van der Waals surface area contributed by atoms with Crippen LogP contribution in [-0.4, -0.2) is 51.6 Å². The van der Waals surface area contributed by atoms with Crippen molar-refractivity contribution >= 4 is 46.9 Å². The molecule has 3 aromatic carbocycles. The average Bonchev–Trinajstić information content (AvgIpc) is 2.84. The topological polar surface area (TPSA) is 165 Å². The summed E-state index contributed by atoms with van der Waals surface area (Å²) in [5.41, 5.74) is 0.551. The number of aromatic hydroxyl groups is 2. The van der Waals surface area contributed by atoms with E-state index in [1.807, 2.05) is 0 Å². The zero-order valence-corrected chi connectivity index (χ0v) is 20.5. The van der Waals surface area contributed by atoms with E-state index in [1.54, 1.807) is 12.1 Å². The van der Waals surface area contributed by atoms with Crippen LogP contribution >= 0.6 is 23.2 Å². The molecule has 0 aliphatic heterocycles. The van der Waals surface area contributed by atoms with Gasteiger partial charge < -0.3 is 31.3 Å². The van der Waals surface area contributed by atoms with Crippen LogP contribution in [0.25, 0.3) is 0 Å². The molecule has 0 fully saturated rings. The quantitative estimate of drug-likeness (QED) is 0.240. The summed E-state index contributed by atoms with van der Waals surface area (Å²) in [5, 5.41) is 35.3. The number of hydrogen-bond donors (Lipinski definition) is 6. The van der Waals surface area contributed by atoms with Crippen molar-refractivity contribution in [3.8, 4) is 11.5 Å². The second-order valence-corrected chi connectivity index (χ2v) is 8.61. The largest absolute Gasteiger partial charge is 0.508 e. The second kappa shape index (κ2) is 12.1. The van der Waals surface area contributed by atoms with E-state index in [1.165, 1.54) is 48.5 Å². The molecule has 0 unspecified atom stereocenters. The molecule has 3 rings (SSSR count). The molecule has 192 valence electrons. The van der Waals surface area contributed by atoms with E-state index >= 15 is 0 Å². The molecule has 6 N–H and O–H groups in total. The fourth-order valence-electron chi connectivity index (χ4n) is 3.25. The number of halogens is 2. The van der Waals surface area contributed by atoms with E-state index in [-0.39, 0.29) is 44.8 Å². The van der Waals surface area contributed by atoms with Gasteiger partial charge in [0.05, 0.1) is 15.6 Å². The number of aliphatic carboxylic acids is 1.